The summed E-state index contributed by atoms with van der Waals surface area (Å²) in [6.07, 6.45) is 1.75. The Morgan fingerprint density at radius 3 is 2.49 bits per heavy atom. The van der Waals surface area contributed by atoms with Gasteiger partial charge in [0.05, 0.1) is 0 Å². The Labute approximate surface area is 220 Å². The van der Waals surface area contributed by atoms with E-state index in [-0.39, 0.29) is 35.9 Å². The number of nitrogens with zero attached hydrogens (tertiary/aromatic N) is 5. The quantitative estimate of drug-likeness (QED) is 0.447. The molecule has 1 aromatic heterocycles. The normalized spacial score (nSPS) is 14.3. The van der Waals surface area contributed by atoms with Gasteiger partial charge in [-0.2, -0.15) is 5.10 Å². The lowest BCUT2D eigenvalue weighted by Gasteiger charge is -2.28. The molecule has 1 aromatic carbocycles. The Balaban J connectivity index is 1.66. The van der Waals surface area contributed by atoms with E-state index in [4.69, 9.17) is 0 Å². The van der Waals surface area contributed by atoms with Crippen LogP contribution in [-0.2, 0) is 17.9 Å². The zero-order valence-corrected chi connectivity index (χ0v) is 22.8. The molecule has 0 fully saturated rings. The van der Waals surface area contributed by atoms with Crippen LogP contribution < -0.4 is 5.32 Å². The lowest BCUT2D eigenvalue weighted by molar-refractivity contribution is -0.121. The Kier molecular flexibility index (Phi) is 10.7. The van der Waals surface area contributed by atoms with Crippen molar-refractivity contribution in [2.75, 3.05) is 39.3 Å². The van der Waals surface area contributed by atoms with Gasteiger partial charge in [0.25, 0.3) is 11.8 Å². The second-order valence-corrected chi connectivity index (χ2v) is 9.59. The Morgan fingerprint density at radius 2 is 1.81 bits per heavy atom. The van der Waals surface area contributed by atoms with Crippen molar-refractivity contribution >= 4 is 17.7 Å². The molecule has 2 aromatic rings. The number of hydrogen-bond donors (Lipinski definition) is 1. The molecule has 1 atom stereocenters. The number of benzene rings is 1. The van der Waals surface area contributed by atoms with Crippen molar-refractivity contribution in [2.45, 2.75) is 66.1 Å². The van der Waals surface area contributed by atoms with Crippen LogP contribution in [0.15, 0.2) is 36.4 Å². The molecule has 1 N–H and O–H groups in total. The lowest BCUT2D eigenvalue weighted by Crippen LogP contribution is -2.42. The molecule has 0 unspecified atom stereocenters. The monoisotopic (exact) mass is 510 g/mol. The summed E-state index contributed by atoms with van der Waals surface area (Å²) in [7, 11) is 0. The van der Waals surface area contributed by atoms with E-state index in [1.807, 2.05) is 49.1 Å². The summed E-state index contributed by atoms with van der Waals surface area (Å²) in [5, 5.41) is 7.49. The molecule has 0 radical (unpaired) electrons. The molecule has 202 valence electrons. The van der Waals surface area contributed by atoms with E-state index >= 15 is 0 Å². The molecule has 0 aliphatic carbocycles. The molecule has 2 heterocycles. The first-order valence-corrected chi connectivity index (χ1v) is 13.6. The minimum absolute atomic E-state index is 0.0530. The molecule has 0 saturated heterocycles. The fourth-order valence-corrected chi connectivity index (χ4v) is 4.59. The average molecular weight is 511 g/mol. The summed E-state index contributed by atoms with van der Waals surface area (Å²) in [5.41, 5.74) is 1.76. The maximum atomic E-state index is 13.5. The smallest absolute Gasteiger partial charge is 0.274 e. The van der Waals surface area contributed by atoms with Crippen molar-refractivity contribution in [3.8, 4) is 0 Å². The summed E-state index contributed by atoms with van der Waals surface area (Å²) < 4.78 is 1.66. The van der Waals surface area contributed by atoms with E-state index in [0.29, 0.717) is 38.4 Å². The van der Waals surface area contributed by atoms with Gasteiger partial charge in [-0.15, -0.1) is 0 Å². The van der Waals surface area contributed by atoms with Crippen molar-refractivity contribution < 1.29 is 14.4 Å². The molecule has 3 amide bonds. The van der Waals surface area contributed by atoms with Crippen molar-refractivity contribution in [3.63, 3.8) is 0 Å². The number of likely N-dealkylation sites (N-methyl/N-ethyl adjacent to an activating group) is 1. The molecule has 0 bridgehead atoms. The Bertz CT molecular complexity index is 1030. The van der Waals surface area contributed by atoms with Crippen LogP contribution in [0, 0.1) is 0 Å². The van der Waals surface area contributed by atoms with Gasteiger partial charge >= 0.3 is 0 Å². The number of nitrogens with one attached hydrogen (secondary N) is 1. The predicted molar refractivity (Wildman–Crippen MR) is 144 cm³/mol. The third-order valence-corrected chi connectivity index (χ3v) is 7.13. The minimum Gasteiger partial charge on any atom is -0.355 e. The first kappa shape index (κ1) is 28.4. The summed E-state index contributed by atoms with van der Waals surface area (Å²) in [6, 6.07) is 11.5. The number of carbonyl (C=O) groups is 3. The molecule has 1 aliphatic rings. The zero-order valence-electron chi connectivity index (χ0n) is 22.8. The van der Waals surface area contributed by atoms with E-state index in [9.17, 15) is 14.4 Å². The Morgan fingerprint density at radius 1 is 1.08 bits per heavy atom. The highest BCUT2D eigenvalue weighted by molar-refractivity contribution is 5.98. The van der Waals surface area contributed by atoms with Crippen LogP contribution >= 0.6 is 0 Å². The molecule has 37 heavy (non-hydrogen) atoms. The number of fused-ring (bicyclic) bond motifs is 1. The van der Waals surface area contributed by atoms with Gasteiger partial charge in [-0.1, -0.05) is 51.1 Å². The summed E-state index contributed by atoms with van der Waals surface area (Å²) in [5.74, 6) is -0.426. The average Bonchev–Trinajstić information content (AvgIpc) is 3.28. The standard InChI is InChI=1S/C28H42N6O3/c1-5-22(4)33(18-14-26(35)29-15-19-31(6-2)7-3)27(36)24-20-25-28(37)32(16-11-17-34(25)30-24)21-23-12-9-8-10-13-23/h8-10,12-13,20,22H,5-7,11,14-19,21H2,1-4H3,(H,29,35)/t22-/m1/s1. The zero-order chi connectivity index (χ0) is 26.8. The van der Waals surface area contributed by atoms with Crippen LogP contribution in [0.5, 0.6) is 0 Å². The van der Waals surface area contributed by atoms with E-state index in [1.54, 1.807) is 15.6 Å². The van der Waals surface area contributed by atoms with Crippen molar-refractivity contribution in [3.05, 3.63) is 53.3 Å². The number of carbonyl (C=O) groups excluding carboxylic acids is 3. The lowest BCUT2D eigenvalue weighted by atomic mass is 10.1. The molecule has 1 aliphatic heterocycles. The number of aromatic nitrogens is 2. The number of aryl methyl sites for hydroxylation is 1. The van der Waals surface area contributed by atoms with E-state index in [2.05, 4.69) is 29.2 Å². The number of rotatable bonds is 13. The highest BCUT2D eigenvalue weighted by atomic mass is 16.2. The second kappa shape index (κ2) is 13.9. The topological polar surface area (TPSA) is 90.8 Å². The van der Waals surface area contributed by atoms with E-state index in [1.165, 1.54) is 0 Å². The third-order valence-electron chi connectivity index (χ3n) is 7.13. The van der Waals surface area contributed by atoms with E-state index < -0.39 is 0 Å². The van der Waals surface area contributed by atoms with Crippen LogP contribution in [0.3, 0.4) is 0 Å². The highest BCUT2D eigenvalue weighted by Crippen LogP contribution is 2.19. The highest BCUT2D eigenvalue weighted by Gasteiger charge is 2.29. The Hall–Kier alpha value is -3.20. The van der Waals surface area contributed by atoms with Crippen LogP contribution in [0.25, 0.3) is 0 Å². The van der Waals surface area contributed by atoms with Gasteiger partial charge in [0, 0.05) is 57.8 Å². The first-order valence-electron chi connectivity index (χ1n) is 13.6. The van der Waals surface area contributed by atoms with Gasteiger partial charge in [-0.25, -0.2) is 0 Å². The molecule has 9 heteroatoms. The SMILES string of the molecule is CC[C@@H](C)N(CCC(=O)NCCN(CC)CC)C(=O)c1cc2n(n1)CCCN(Cc1ccccc1)C2=O. The maximum absolute atomic E-state index is 13.5. The van der Waals surface area contributed by atoms with Crippen LogP contribution in [0.1, 0.15) is 73.5 Å². The largest absolute Gasteiger partial charge is 0.355 e. The molecular weight excluding hydrogens is 468 g/mol. The van der Waals surface area contributed by atoms with Gasteiger partial charge < -0.3 is 20.0 Å². The fraction of sp³-hybridized carbons (Fsp3) is 0.571. The number of amides is 3. The van der Waals surface area contributed by atoms with Gasteiger partial charge in [0.2, 0.25) is 5.91 Å². The van der Waals surface area contributed by atoms with Gasteiger partial charge in [-0.3, -0.25) is 19.1 Å². The van der Waals surface area contributed by atoms with E-state index in [0.717, 1.165) is 38.0 Å². The maximum Gasteiger partial charge on any atom is 0.274 e. The van der Waals surface area contributed by atoms with Crippen LogP contribution in [0.4, 0.5) is 0 Å². The van der Waals surface area contributed by atoms with Crippen LogP contribution in [0.2, 0.25) is 0 Å². The fourth-order valence-electron chi connectivity index (χ4n) is 4.59. The van der Waals surface area contributed by atoms with Gasteiger partial charge in [0.1, 0.15) is 5.69 Å². The molecule has 3 rings (SSSR count). The van der Waals surface area contributed by atoms with Crippen molar-refractivity contribution in [1.82, 2.24) is 29.8 Å². The molecule has 9 nitrogen and oxygen atoms in total. The minimum atomic E-state index is -0.242. The number of hydrogen-bond acceptors (Lipinski definition) is 5. The molecule has 0 spiro atoms. The summed E-state index contributed by atoms with van der Waals surface area (Å²) in [4.78, 5) is 45.1. The van der Waals surface area contributed by atoms with Crippen LogP contribution in [-0.4, -0.2) is 87.5 Å². The summed E-state index contributed by atoms with van der Waals surface area (Å²) in [6.45, 7) is 13.5. The van der Waals surface area contributed by atoms with Crippen molar-refractivity contribution in [2.24, 2.45) is 0 Å². The first-order chi connectivity index (χ1) is 17.9. The van der Waals surface area contributed by atoms with Gasteiger partial charge in [0.15, 0.2) is 5.69 Å². The predicted octanol–water partition coefficient (Wildman–Crippen LogP) is 3.02. The second-order valence-electron chi connectivity index (χ2n) is 9.59. The van der Waals surface area contributed by atoms with Crippen molar-refractivity contribution in [1.29, 1.82) is 0 Å². The third kappa shape index (κ3) is 7.64. The van der Waals surface area contributed by atoms with Gasteiger partial charge in [-0.05, 0) is 38.4 Å². The molecule has 0 saturated carbocycles. The molecular formula is C28H42N6O3. The summed E-state index contributed by atoms with van der Waals surface area (Å²) >= 11 is 0.